The van der Waals surface area contributed by atoms with E-state index in [1.54, 1.807) is 21.3 Å². The van der Waals surface area contributed by atoms with Crippen LogP contribution in [0.3, 0.4) is 0 Å². The molecule has 0 fully saturated rings. The summed E-state index contributed by atoms with van der Waals surface area (Å²) in [5, 5.41) is 7.36. The zero-order valence-electron chi connectivity index (χ0n) is 16.8. The van der Waals surface area contributed by atoms with Gasteiger partial charge in [0.05, 0.1) is 27.9 Å². The molecule has 2 rings (SSSR count). The number of hydrogen-bond acceptors (Lipinski definition) is 4. The Bertz CT molecular complexity index is 779. The molecule has 0 amide bonds. The fourth-order valence-electron chi connectivity index (χ4n) is 2.77. The molecule has 0 bridgehead atoms. The number of ether oxygens (including phenoxy) is 3. The van der Waals surface area contributed by atoms with Crippen molar-refractivity contribution in [3.8, 4) is 17.2 Å². The molecule has 7 heteroatoms. The fourth-order valence-corrected chi connectivity index (χ4v) is 2.90. The van der Waals surface area contributed by atoms with Crippen LogP contribution in [0.25, 0.3) is 0 Å². The number of benzene rings is 2. The average Bonchev–Trinajstić information content (AvgIpc) is 2.72. The third kappa shape index (κ3) is 5.96. The van der Waals surface area contributed by atoms with Crippen LogP contribution < -0.4 is 24.8 Å². The Balaban J connectivity index is 2.06. The Labute approximate surface area is 171 Å². The second-order valence-electron chi connectivity index (χ2n) is 5.99. The van der Waals surface area contributed by atoms with Crippen molar-refractivity contribution >= 4 is 17.6 Å². The predicted molar refractivity (Wildman–Crippen MR) is 114 cm³/mol. The van der Waals surface area contributed by atoms with Crippen molar-refractivity contribution < 1.29 is 14.2 Å². The Kier molecular flexibility index (Phi) is 8.75. The number of hydrogen-bond donors (Lipinski definition) is 2. The van der Waals surface area contributed by atoms with E-state index in [4.69, 9.17) is 25.8 Å². The van der Waals surface area contributed by atoms with Crippen LogP contribution in [0.2, 0.25) is 5.02 Å². The van der Waals surface area contributed by atoms with Gasteiger partial charge in [0.25, 0.3) is 0 Å². The number of nitrogens with one attached hydrogen (secondary N) is 2. The first-order chi connectivity index (χ1) is 13.6. The number of nitrogens with zero attached hydrogens (tertiary/aromatic N) is 1. The molecule has 0 aliphatic heterocycles. The molecule has 2 aromatic rings. The number of halogens is 1. The molecule has 2 aromatic carbocycles. The lowest BCUT2D eigenvalue weighted by Gasteiger charge is -2.16. The van der Waals surface area contributed by atoms with E-state index < -0.39 is 0 Å². The van der Waals surface area contributed by atoms with Crippen molar-refractivity contribution in [2.24, 2.45) is 4.99 Å². The summed E-state index contributed by atoms with van der Waals surface area (Å²) in [5.74, 6) is 2.56. The normalized spacial score (nSPS) is 11.1. The van der Waals surface area contributed by atoms with E-state index in [0.29, 0.717) is 23.8 Å². The van der Waals surface area contributed by atoms with Crippen LogP contribution >= 0.6 is 11.6 Å². The summed E-state index contributed by atoms with van der Waals surface area (Å²) in [6, 6.07) is 11.7. The number of aliphatic imine (C=N–C) groups is 1. The molecule has 152 valence electrons. The Morgan fingerprint density at radius 2 is 1.64 bits per heavy atom. The number of rotatable bonds is 9. The highest BCUT2D eigenvalue weighted by molar-refractivity contribution is 6.30. The monoisotopic (exact) mass is 405 g/mol. The quantitative estimate of drug-likeness (QED) is 0.492. The van der Waals surface area contributed by atoms with E-state index in [1.807, 2.05) is 43.3 Å². The minimum absolute atomic E-state index is 0.444. The minimum Gasteiger partial charge on any atom is -0.493 e. The fraction of sp³-hybridized carbons (Fsp3) is 0.381. The van der Waals surface area contributed by atoms with Crippen LogP contribution in [-0.4, -0.2) is 40.4 Å². The molecule has 0 saturated carbocycles. The van der Waals surface area contributed by atoms with E-state index in [2.05, 4.69) is 15.6 Å². The molecule has 2 N–H and O–H groups in total. The maximum atomic E-state index is 5.93. The average molecular weight is 406 g/mol. The summed E-state index contributed by atoms with van der Waals surface area (Å²) >= 11 is 5.93. The lowest BCUT2D eigenvalue weighted by atomic mass is 10.1. The van der Waals surface area contributed by atoms with Gasteiger partial charge in [0.15, 0.2) is 17.5 Å². The van der Waals surface area contributed by atoms with Crippen LogP contribution in [0.5, 0.6) is 17.2 Å². The van der Waals surface area contributed by atoms with Gasteiger partial charge in [-0.15, -0.1) is 0 Å². The van der Waals surface area contributed by atoms with Gasteiger partial charge in [-0.2, -0.15) is 0 Å². The van der Waals surface area contributed by atoms with Gasteiger partial charge in [-0.1, -0.05) is 23.7 Å². The molecule has 0 heterocycles. The Morgan fingerprint density at radius 1 is 0.929 bits per heavy atom. The van der Waals surface area contributed by atoms with Crippen LogP contribution in [-0.2, 0) is 13.0 Å². The zero-order valence-corrected chi connectivity index (χ0v) is 17.6. The van der Waals surface area contributed by atoms with Crippen molar-refractivity contribution in [2.75, 3.05) is 34.4 Å². The maximum Gasteiger partial charge on any atom is 0.203 e. The van der Waals surface area contributed by atoms with Crippen molar-refractivity contribution in [2.45, 2.75) is 19.9 Å². The lowest BCUT2D eigenvalue weighted by molar-refractivity contribution is 0.322. The SMILES string of the molecule is CCNC(=NCc1ccc(OC)c(OC)c1OC)NCCc1ccc(Cl)cc1. The third-order valence-corrected chi connectivity index (χ3v) is 4.41. The topological polar surface area (TPSA) is 64.1 Å². The van der Waals surface area contributed by atoms with Crippen molar-refractivity contribution in [1.82, 2.24) is 10.6 Å². The highest BCUT2D eigenvalue weighted by Gasteiger charge is 2.15. The van der Waals surface area contributed by atoms with Crippen molar-refractivity contribution in [3.63, 3.8) is 0 Å². The van der Waals surface area contributed by atoms with Gasteiger partial charge in [-0.3, -0.25) is 0 Å². The van der Waals surface area contributed by atoms with E-state index in [1.165, 1.54) is 5.56 Å². The summed E-state index contributed by atoms with van der Waals surface area (Å²) in [5.41, 5.74) is 2.13. The molecule has 0 saturated heterocycles. The molecule has 28 heavy (non-hydrogen) atoms. The molecular formula is C21H28ClN3O3. The largest absolute Gasteiger partial charge is 0.493 e. The summed E-state index contributed by atoms with van der Waals surface area (Å²) < 4.78 is 16.3. The van der Waals surface area contributed by atoms with Gasteiger partial charge in [-0.25, -0.2) is 4.99 Å². The highest BCUT2D eigenvalue weighted by atomic mass is 35.5. The standard InChI is InChI=1S/C21H28ClN3O3/c1-5-23-21(24-13-12-15-6-9-17(22)10-7-15)25-14-16-8-11-18(26-2)20(28-4)19(16)27-3/h6-11H,5,12-14H2,1-4H3,(H2,23,24,25). The van der Waals surface area contributed by atoms with Gasteiger partial charge in [-0.05, 0) is 43.2 Å². The van der Waals surface area contributed by atoms with Gasteiger partial charge in [0.1, 0.15) is 0 Å². The van der Waals surface area contributed by atoms with Crippen molar-refractivity contribution in [3.05, 3.63) is 52.5 Å². The van der Waals surface area contributed by atoms with Gasteiger partial charge in [0.2, 0.25) is 5.75 Å². The van der Waals surface area contributed by atoms with Gasteiger partial charge >= 0.3 is 0 Å². The minimum atomic E-state index is 0.444. The van der Waals surface area contributed by atoms with E-state index in [-0.39, 0.29) is 0 Å². The third-order valence-electron chi connectivity index (χ3n) is 4.16. The second-order valence-corrected chi connectivity index (χ2v) is 6.43. The second kappa shape index (κ2) is 11.3. The van der Waals surface area contributed by atoms with Gasteiger partial charge in [0, 0.05) is 23.7 Å². The van der Waals surface area contributed by atoms with Gasteiger partial charge < -0.3 is 24.8 Å². The van der Waals surface area contributed by atoms with E-state index in [9.17, 15) is 0 Å². The molecule has 0 aliphatic carbocycles. The first kappa shape index (κ1) is 21.7. The molecule has 0 spiro atoms. The van der Waals surface area contributed by atoms with Crippen LogP contribution in [0.4, 0.5) is 0 Å². The van der Waals surface area contributed by atoms with Crippen LogP contribution in [0.1, 0.15) is 18.1 Å². The Morgan fingerprint density at radius 3 is 2.25 bits per heavy atom. The summed E-state index contributed by atoms with van der Waals surface area (Å²) in [6.45, 7) is 4.01. The summed E-state index contributed by atoms with van der Waals surface area (Å²) in [4.78, 5) is 4.67. The maximum absolute atomic E-state index is 5.93. The summed E-state index contributed by atoms with van der Waals surface area (Å²) in [7, 11) is 4.80. The van der Waals surface area contributed by atoms with Crippen molar-refractivity contribution in [1.29, 1.82) is 0 Å². The van der Waals surface area contributed by atoms with Crippen LogP contribution in [0.15, 0.2) is 41.4 Å². The van der Waals surface area contributed by atoms with Crippen LogP contribution in [0, 0.1) is 0 Å². The predicted octanol–water partition coefficient (Wildman–Crippen LogP) is 3.66. The molecule has 0 unspecified atom stereocenters. The first-order valence-electron chi connectivity index (χ1n) is 9.17. The first-order valence-corrected chi connectivity index (χ1v) is 9.55. The smallest absolute Gasteiger partial charge is 0.203 e. The molecule has 0 radical (unpaired) electrons. The molecular weight excluding hydrogens is 378 g/mol. The number of methoxy groups -OCH3 is 3. The lowest BCUT2D eigenvalue weighted by Crippen LogP contribution is -2.38. The van der Waals surface area contributed by atoms with E-state index in [0.717, 1.165) is 36.1 Å². The Hall–Kier alpha value is -2.60. The number of guanidine groups is 1. The summed E-state index contributed by atoms with van der Waals surface area (Å²) in [6.07, 6.45) is 0.876. The zero-order chi connectivity index (χ0) is 20.4. The molecule has 0 aromatic heterocycles. The van der Waals surface area contributed by atoms with E-state index >= 15 is 0 Å². The molecule has 0 atom stereocenters. The molecule has 6 nitrogen and oxygen atoms in total. The highest BCUT2D eigenvalue weighted by Crippen LogP contribution is 2.39. The molecule has 0 aliphatic rings.